The second kappa shape index (κ2) is 7.87. The molecular weight excluding hydrogens is 320 g/mol. The van der Waals surface area contributed by atoms with Gasteiger partial charge in [-0.15, -0.1) is 0 Å². The fourth-order valence-electron chi connectivity index (χ4n) is 3.51. The summed E-state index contributed by atoms with van der Waals surface area (Å²) < 4.78 is 16.7. The van der Waals surface area contributed by atoms with Gasteiger partial charge in [0.15, 0.2) is 0 Å². The van der Waals surface area contributed by atoms with Crippen LogP contribution in [0.15, 0.2) is 48.5 Å². The summed E-state index contributed by atoms with van der Waals surface area (Å²) in [4.78, 5) is 0. The van der Waals surface area contributed by atoms with E-state index in [2.05, 4.69) is 0 Å². The van der Waals surface area contributed by atoms with E-state index in [0.717, 1.165) is 22.6 Å². The molecule has 25 heavy (non-hydrogen) atoms. The Morgan fingerprint density at radius 1 is 0.720 bits per heavy atom. The van der Waals surface area contributed by atoms with Crippen molar-refractivity contribution in [3.05, 3.63) is 59.7 Å². The average molecular weight is 344 g/mol. The van der Waals surface area contributed by atoms with Crippen molar-refractivity contribution in [2.24, 2.45) is 11.8 Å². The van der Waals surface area contributed by atoms with Gasteiger partial charge in [-0.1, -0.05) is 24.3 Å². The Labute approximate surface area is 147 Å². The molecule has 0 aliphatic carbocycles. The minimum Gasteiger partial charge on any atom is -0.497 e. The van der Waals surface area contributed by atoms with Crippen LogP contribution in [0.1, 0.15) is 23.3 Å². The molecule has 1 aliphatic rings. The molecule has 0 aromatic heterocycles. The fraction of sp³-hybridized carbons (Fsp3) is 0.400. The molecular formula is C20H24O5. The Balaban J connectivity index is 1.89. The first-order valence-electron chi connectivity index (χ1n) is 8.37. The highest BCUT2D eigenvalue weighted by molar-refractivity contribution is 5.32. The lowest BCUT2D eigenvalue weighted by Crippen LogP contribution is -2.23. The summed E-state index contributed by atoms with van der Waals surface area (Å²) in [6.45, 7) is -0.0941. The van der Waals surface area contributed by atoms with Gasteiger partial charge in [-0.05, 0) is 35.4 Å². The van der Waals surface area contributed by atoms with E-state index in [1.807, 2.05) is 48.5 Å². The molecule has 5 nitrogen and oxygen atoms in total. The number of hydrogen-bond acceptors (Lipinski definition) is 5. The summed E-state index contributed by atoms with van der Waals surface area (Å²) in [7, 11) is 3.25. The lowest BCUT2D eigenvalue weighted by Gasteiger charge is -2.20. The molecule has 0 bridgehead atoms. The zero-order valence-corrected chi connectivity index (χ0v) is 14.5. The quantitative estimate of drug-likeness (QED) is 0.843. The predicted molar refractivity (Wildman–Crippen MR) is 93.7 cm³/mol. The summed E-state index contributed by atoms with van der Waals surface area (Å²) >= 11 is 0. The van der Waals surface area contributed by atoms with Crippen LogP contribution >= 0.6 is 0 Å². The molecule has 0 saturated carbocycles. The van der Waals surface area contributed by atoms with Crippen LogP contribution in [0.25, 0.3) is 0 Å². The molecule has 3 rings (SSSR count). The van der Waals surface area contributed by atoms with Gasteiger partial charge >= 0.3 is 0 Å². The average Bonchev–Trinajstić information content (AvgIpc) is 3.06. The van der Waals surface area contributed by atoms with Crippen LogP contribution in [0, 0.1) is 11.8 Å². The van der Waals surface area contributed by atoms with E-state index in [4.69, 9.17) is 14.2 Å². The van der Waals surface area contributed by atoms with E-state index >= 15 is 0 Å². The van der Waals surface area contributed by atoms with Crippen molar-refractivity contribution in [1.82, 2.24) is 0 Å². The molecule has 0 spiro atoms. The SMILES string of the molecule is COc1ccc([C@H]2O[C@@H](c3ccc(OC)cc3)[C@@H](CO)[C@H]2CO)cc1. The van der Waals surface area contributed by atoms with E-state index in [0.29, 0.717) is 0 Å². The zero-order chi connectivity index (χ0) is 17.8. The van der Waals surface area contributed by atoms with E-state index < -0.39 is 0 Å². The monoisotopic (exact) mass is 344 g/mol. The van der Waals surface area contributed by atoms with Crippen molar-refractivity contribution < 1.29 is 24.4 Å². The van der Waals surface area contributed by atoms with Gasteiger partial charge in [0.2, 0.25) is 0 Å². The Morgan fingerprint density at radius 2 is 1.08 bits per heavy atom. The third-order valence-electron chi connectivity index (χ3n) is 4.93. The number of hydrogen-bond donors (Lipinski definition) is 2. The number of ether oxygens (including phenoxy) is 3. The first-order valence-corrected chi connectivity index (χ1v) is 8.37. The Kier molecular flexibility index (Phi) is 5.58. The van der Waals surface area contributed by atoms with E-state index in [-0.39, 0.29) is 37.3 Å². The molecule has 4 atom stereocenters. The highest BCUT2D eigenvalue weighted by Gasteiger charge is 2.44. The van der Waals surface area contributed by atoms with Crippen LogP contribution in [-0.4, -0.2) is 37.6 Å². The van der Waals surface area contributed by atoms with Gasteiger partial charge in [-0.25, -0.2) is 0 Å². The number of aliphatic hydroxyl groups is 2. The van der Waals surface area contributed by atoms with Gasteiger partial charge < -0.3 is 24.4 Å². The van der Waals surface area contributed by atoms with E-state index in [1.165, 1.54) is 0 Å². The number of methoxy groups -OCH3 is 2. The molecule has 134 valence electrons. The molecule has 0 unspecified atom stereocenters. The molecule has 1 fully saturated rings. The number of rotatable bonds is 6. The largest absolute Gasteiger partial charge is 0.497 e. The maximum absolute atomic E-state index is 9.91. The molecule has 1 heterocycles. The number of aliphatic hydroxyl groups excluding tert-OH is 2. The minimum absolute atomic E-state index is 0.0470. The summed E-state index contributed by atoms with van der Waals surface area (Å²) in [5.41, 5.74) is 1.93. The van der Waals surface area contributed by atoms with Gasteiger partial charge in [-0.2, -0.15) is 0 Å². The summed E-state index contributed by atoms with van der Waals surface area (Å²) in [5.74, 6) is 1.19. The maximum Gasteiger partial charge on any atom is 0.118 e. The molecule has 2 N–H and O–H groups in total. The van der Waals surface area contributed by atoms with Crippen LogP contribution in [-0.2, 0) is 4.74 Å². The Bertz CT molecular complexity index is 608. The van der Waals surface area contributed by atoms with Crippen LogP contribution in [0.2, 0.25) is 0 Å². The molecule has 1 aliphatic heterocycles. The fourth-order valence-corrected chi connectivity index (χ4v) is 3.51. The van der Waals surface area contributed by atoms with Crippen LogP contribution in [0.5, 0.6) is 11.5 Å². The first kappa shape index (κ1) is 17.7. The second-order valence-electron chi connectivity index (χ2n) is 6.22. The summed E-state index contributed by atoms with van der Waals surface area (Å²) in [5, 5.41) is 19.8. The zero-order valence-electron chi connectivity index (χ0n) is 14.5. The van der Waals surface area contributed by atoms with E-state index in [1.54, 1.807) is 14.2 Å². The summed E-state index contributed by atoms with van der Waals surface area (Å²) in [6, 6.07) is 15.3. The van der Waals surface area contributed by atoms with Crippen molar-refractivity contribution in [1.29, 1.82) is 0 Å². The molecule has 2 aromatic carbocycles. The van der Waals surface area contributed by atoms with Crippen LogP contribution < -0.4 is 9.47 Å². The van der Waals surface area contributed by atoms with Gasteiger partial charge in [0.25, 0.3) is 0 Å². The third kappa shape index (κ3) is 3.49. The van der Waals surface area contributed by atoms with Gasteiger partial charge in [0.05, 0.1) is 26.4 Å². The van der Waals surface area contributed by atoms with Crippen molar-refractivity contribution >= 4 is 0 Å². The number of benzene rings is 2. The van der Waals surface area contributed by atoms with Crippen molar-refractivity contribution in [3.63, 3.8) is 0 Å². The van der Waals surface area contributed by atoms with Crippen LogP contribution in [0.3, 0.4) is 0 Å². The van der Waals surface area contributed by atoms with Crippen molar-refractivity contribution in [2.45, 2.75) is 12.2 Å². The summed E-state index contributed by atoms with van der Waals surface area (Å²) in [6.07, 6.45) is -0.555. The van der Waals surface area contributed by atoms with Crippen molar-refractivity contribution in [2.75, 3.05) is 27.4 Å². The topological polar surface area (TPSA) is 68.2 Å². The van der Waals surface area contributed by atoms with Crippen LogP contribution in [0.4, 0.5) is 0 Å². The highest BCUT2D eigenvalue weighted by Crippen LogP contribution is 2.49. The molecule has 0 radical (unpaired) electrons. The third-order valence-corrected chi connectivity index (χ3v) is 4.93. The normalized spacial score (nSPS) is 25.8. The minimum atomic E-state index is -0.278. The van der Waals surface area contributed by atoms with Crippen molar-refractivity contribution in [3.8, 4) is 11.5 Å². The molecule has 0 amide bonds. The maximum atomic E-state index is 9.91. The highest BCUT2D eigenvalue weighted by atomic mass is 16.5. The molecule has 2 aromatic rings. The van der Waals surface area contributed by atoms with Gasteiger partial charge in [0, 0.05) is 25.0 Å². The lowest BCUT2D eigenvalue weighted by atomic mass is 9.83. The molecule has 5 heteroatoms. The Hall–Kier alpha value is -2.08. The first-order chi connectivity index (χ1) is 12.2. The van der Waals surface area contributed by atoms with Gasteiger partial charge in [-0.3, -0.25) is 0 Å². The smallest absolute Gasteiger partial charge is 0.118 e. The lowest BCUT2D eigenvalue weighted by molar-refractivity contribution is 0.0185. The molecule has 1 saturated heterocycles. The predicted octanol–water partition coefficient (Wildman–Crippen LogP) is 2.73. The standard InChI is InChI=1S/C20H24O5/c1-23-15-7-3-13(4-8-15)19-17(11-21)18(12-22)20(25-19)14-5-9-16(24-2)10-6-14/h3-10,17-22H,11-12H2,1-2H3/t17-,18+,19-,20+. The van der Waals surface area contributed by atoms with E-state index in [9.17, 15) is 10.2 Å². The second-order valence-corrected chi connectivity index (χ2v) is 6.22. The van der Waals surface area contributed by atoms with Gasteiger partial charge in [0.1, 0.15) is 11.5 Å². The Morgan fingerprint density at radius 3 is 1.36 bits per heavy atom.